The Morgan fingerprint density at radius 2 is 1.89 bits per heavy atom. The van der Waals surface area contributed by atoms with E-state index in [1.807, 2.05) is 25.1 Å². The minimum Gasteiger partial charge on any atom is -0.497 e. The van der Waals surface area contributed by atoms with Crippen molar-refractivity contribution >= 4 is 12.1 Å². The second-order valence-corrected chi connectivity index (χ2v) is 6.39. The molecular weight excluding hydrogens is 344 g/mol. The van der Waals surface area contributed by atoms with Crippen molar-refractivity contribution in [2.45, 2.75) is 26.7 Å². The topological polar surface area (TPSA) is 69.2 Å². The normalized spacial score (nSPS) is 10.9. The van der Waals surface area contributed by atoms with Crippen LogP contribution in [0, 0.1) is 6.92 Å². The molecule has 1 amide bonds. The van der Waals surface area contributed by atoms with Gasteiger partial charge in [0.25, 0.3) is 5.91 Å². The van der Waals surface area contributed by atoms with Gasteiger partial charge < -0.3 is 14.2 Å². The molecule has 144 valence electrons. The lowest BCUT2D eigenvalue weighted by Crippen LogP contribution is -2.25. The highest BCUT2D eigenvalue weighted by Gasteiger charge is 2.10. The Bertz CT molecular complexity index is 816. The molecule has 0 fully saturated rings. The van der Waals surface area contributed by atoms with Crippen LogP contribution in [0.2, 0.25) is 0 Å². The first-order chi connectivity index (χ1) is 12.9. The number of hydrogen-bond acceptors (Lipinski definition) is 5. The maximum atomic E-state index is 12.0. The third-order valence-electron chi connectivity index (χ3n) is 3.98. The Kier molecular flexibility index (Phi) is 7.23. The fourth-order valence-electron chi connectivity index (χ4n) is 2.52. The van der Waals surface area contributed by atoms with E-state index in [9.17, 15) is 4.79 Å². The van der Waals surface area contributed by atoms with Crippen LogP contribution in [0.5, 0.6) is 17.2 Å². The van der Waals surface area contributed by atoms with Gasteiger partial charge in [-0.1, -0.05) is 26.0 Å². The van der Waals surface area contributed by atoms with Crippen LogP contribution >= 0.6 is 0 Å². The highest BCUT2D eigenvalue weighted by atomic mass is 16.5. The third-order valence-corrected chi connectivity index (χ3v) is 3.98. The average Bonchev–Trinajstić information content (AvgIpc) is 2.66. The van der Waals surface area contributed by atoms with Gasteiger partial charge in [-0.05, 0) is 42.2 Å². The molecular formula is C21H26N2O4. The van der Waals surface area contributed by atoms with E-state index in [4.69, 9.17) is 14.2 Å². The molecule has 0 spiro atoms. The molecule has 2 aromatic rings. The Morgan fingerprint density at radius 1 is 1.11 bits per heavy atom. The first-order valence-electron chi connectivity index (χ1n) is 8.72. The summed E-state index contributed by atoms with van der Waals surface area (Å²) >= 11 is 0. The molecule has 0 saturated carbocycles. The lowest BCUT2D eigenvalue weighted by molar-refractivity contribution is -0.123. The Morgan fingerprint density at radius 3 is 2.56 bits per heavy atom. The Labute approximate surface area is 160 Å². The summed E-state index contributed by atoms with van der Waals surface area (Å²) in [6.07, 6.45) is 1.52. The molecule has 0 aromatic heterocycles. The van der Waals surface area contributed by atoms with Crippen molar-refractivity contribution in [3.05, 3.63) is 53.1 Å². The molecule has 1 N–H and O–H groups in total. The second kappa shape index (κ2) is 9.62. The van der Waals surface area contributed by atoms with Gasteiger partial charge in [0.2, 0.25) is 0 Å². The van der Waals surface area contributed by atoms with E-state index in [1.54, 1.807) is 32.4 Å². The number of carbonyl (C=O) groups excluding carboxylic acids is 1. The zero-order valence-electron chi connectivity index (χ0n) is 16.4. The number of hydrazone groups is 1. The maximum Gasteiger partial charge on any atom is 0.277 e. The minimum absolute atomic E-state index is 0.111. The number of amides is 1. The van der Waals surface area contributed by atoms with E-state index in [0.29, 0.717) is 17.4 Å². The maximum absolute atomic E-state index is 12.0. The number of nitrogens with zero attached hydrogens (tertiary/aromatic N) is 1. The zero-order chi connectivity index (χ0) is 19.8. The summed E-state index contributed by atoms with van der Waals surface area (Å²) in [4.78, 5) is 12.0. The summed E-state index contributed by atoms with van der Waals surface area (Å²) in [6.45, 7) is 6.05. The number of nitrogens with one attached hydrogen (secondary N) is 1. The van der Waals surface area contributed by atoms with Crippen molar-refractivity contribution in [3.8, 4) is 17.2 Å². The van der Waals surface area contributed by atoms with Gasteiger partial charge in [-0.2, -0.15) is 5.10 Å². The van der Waals surface area contributed by atoms with Crippen LogP contribution in [0.4, 0.5) is 0 Å². The third kappa shape index (κ3) is 5.74. The van der Waals surface area contributed by atoms with Gasteiger partial charge in [-0.15, -0.1) is 0 Å². The SMILES string of the molecule is COc1ccc(C=NNC(=O)COc2cc(C)ccc2C(C)C)c(OC)c1. The van der Waals surface area contributed by atoms with Gasteiger partial charge in [-0.3, -0.25) is 4.79 Å². The number of benzene rings is 2. The van der Waals surface area contributed by atoms with Crippen LogP contribution in [0.15, 0.2) is 41.5 Å². The number of hydrogen-bond donors (Lipinski definition) is 1. The molecule has 27 heavy (non-hydrogen) atoms. The predicted molar refractivity (Wildman–Crippen MR) is 106 cm³/mol. The quantitative estimate of drug-likeness (QED) is 0.569. The van der Waals surface area contributed by atoms with Gasteiger partial charge in [0, 0.05) is 11.6 Å². The van der Waals surface area contributed by atoms with Crippen molar-refractivity contribution in [2.75, 3.05) is 20.8 Å². The fraction of sp³-hybridized carbons (Fsp3) is 0.333. The van der Waals surface area contributed by atoms with E-state index in [1.165, 1.54) is 6.21 Å². The molecule has 0 aliphatic rings. The predicted octanol–water partition coefficient (Wildman–Crippen LogP) is 3.66. The zero-order valence-corrected chi connectivity index (χ0v) is 16.4. The lowest BCUT2D eigenvalue weighted by atomic mass is 10.0. The van der Waals surface area contributed by atoms with Gasteiger partial charge in [0.05, 0.1) is 20.4 Å². The Balaban J connectivity index is 1.95. The number of aryl methyl sites for hydroxylation is 1. The first-order valence-corrected chi connectivity index (χ1v) is 8.72. The van der Waals surface area contributed by atoms with E-state index in [-0.39, 0.29) is 12.5 Å². The van der Waals surface area contributed by atoms with E-state index >= 15 is 0 Å². The van der Waals surface area contributed by atoms with E-state index in [0.717, 1.165) is 22.4 Å². The van der Waals surface area contributed by atoms with Crippen molar-refractivity contribution in [1.29, 1.82) is 0 Å². The summed E-state index contributed by atoms with van der Waals surface area (Å²) < 4.78 is 16.1. The molecule has 0 radical (unpaired) electrons. The van der Waals surface area contributed by atoms with Crippen molar-refractivity contribution in [2.24, 2.45) is 5.10 Å². The molecule has 0 heterocycles. The van der Waals surface area contributed by atoms with Crippen molar-refractivity contribution < 1.29 is 19.0 Å². The molecule has 0 aliphatic carbocycles. The minimum atomic E-state index is -0.338. The average molecular weight is 370 g/mol. The molecule has 0 unspecified atom stereocenters. The largest absolute Gasteiger partial charge is 0.497 e. The van der Waals surface area contributed by atoms with Crippen LogP contribution in [-0.2, 0) is 4.79 Å². The first kappa shape index (κ1) is 20.3. The van der Waals surface area contributed by atoms with Crippen LogP contribution in [0.25, 0.3) is 0 Å². The summed E-state index contributed by atoms with van der Waals surface area (Å²) in [6, 6.07) is 11.3. The number of methoxy groups -OCH3 is 2. The van der Waals surface area contributed by atoms with E-state index in [2.05, 4.69) is 24.4 Å². The summed E-state index contributed by atoms with van der Waals surface area (Å²) in [5.74, 6) is 1.98. The lowest BCUT2D eigenvalue weighted by Gasteiger charge is -2.14. The molecule has 0 aliphatic heterocycles. The molecule has 2 aromatic carbocycles. The summed E-state index contributed by atoms with van der Waals surface area (Å²) in [5, 5.41) is 3.97. The van der Waals surface area contributed by atoms with Gasteiger partial charge in [0.15, 0.2) is 6.61 Å². The van der Waals surface area contributed by atoms with Gasteiger partial charge >= 0.3 is 0 Å². The molecule has 2 rings (SSSR count). The molecule has 0 saturated heterocycles. The van der Waals surface area contributed by atoms with Crippen molar-refractivity contribution in [1.82, 2.24) is 5.43 Å². The van der Waals surface area contributed by atoms with Gasteiger partial charge in [0.1, 0.15) is 17.2 Å². The van der Waals surface area contributed by atoms with Crippen molar-refractivity contribution in [3.63, 3.8) is 0 Å². The summed E-state index contributed by atoms with van der Waals surface area (Å²) in [7, 11) is 3.15. The van der Waals surface area contributed by atoms with E-state index < -0.39 is 0 Å². The fourth-order valence-corrected chi connectivity index (χ4v) is 2.52. The number of carbonyl (C=O) groups is 1. The molecule has 0 atom stereocenters. The molecule has 6 heteroatoms. The second-order valence-electron chi connectivity index (χ2n) is 6.39. The summed E-state index contributed by atoms with van der Waals surface area (Å²) in [5.41, 5.74) is 5.34. The van der Waals surface area contributed by atoms with Crippen LogP contribution in [0.1, 0.15) is 36.5 Å². The highest BCUT2D eigenvalue weighted by Crippen LogP contribution is 2.27. The number of rotatable bonds is 8. The van der Waals surface area contributed by atoms with Crippen LogP contribution in [0.3, 0.4) is 0 Å². The van der Waals surface area contributed by atoms with Crippen LogP contribution < -0.4 is 19.6 Å². The van der Waals surface area contributed by atoms with Crippen LogP contribution in [-0.4, -0.2) is 32.9 Å². The smallest absolute Gasteiger partial charge is 0.277 e. The molecule has 6 nitrogen and oxygen atoms in total. The molecule has 0 bridgehead atoms. The monoisotopic (exact) mass is 370 g/mol. The van der Waals surface area contributed by atoms with Gasteiger partial charge in [-0.25, -0.2) is 5.43 Å². The standard InChI is InChI=1S/C21H26N2O4/c1-14(2)18-9-6-15(3)10-20(18)27-13-21(24)23-22-12-16-7-8-17(25-4)11-19(16)26-5/h6-12,14H,13H2,1-5H3,(H,23,24). The highest BCUT2D eigenvalue weighted by molar-refractivity contribution is 5.85. The Hall–Kier alpha value is -3.02. The number of ether oxygens (including phenoxy) is 3.